The van der Waals surface area contributed by atoms with Gasteiger partial charge in [-0.25, -0.2) is 0 Å². The lowest BCUT2D eigenvalue weighted by molar-refractivity contribution is -0.384. The van der Waals surface area contributed by atoms with E-state index in [0.717, 1.165) is 16.7 Å². The lowest BCUT2D eigenvalue weighted by atomic mass is 10.2. The number of hydrogen-bond acceptors (Lipinski definition) is 8. The molecule has 12 heteroatoms. The summed E-state index contributed by atoms with van der Waals surface area (Å²) in [6.07, 6.45) is 1.61. The predicted molar refractivity (Wildman–Crippen MR) is 132 cm³/mol. The molecule has 4 rings (SSSR count). The fourth-order valence-corrected chi connectivity index (χ4v) is 4.81. The van der Waals surface area contributed by atoms with Crippen LogP contribution in [0.4, 0.5) is 10.5 Å². The van der Waals surface area contributed by atoms with E-state index < -0.39 is 16.1 Å². The van der Waals surface area contributed by atoms with Crippen LogP contribution in [0.1, 0.15) is 11.1 Å². The lowest BCUT2D eigenvalue weighted by Crippen LogP contribution is -2.43. The zero-order chi connectivity index (χ0) is 24.9. The average molecular weight is 562 g/mol. The van der Waals surface area contributed by atoms with Gasteiger partial charge in [0.1, 0.15) is 5.75 Å². The highest BCUT2D eigenvalue weighted by Crippen LogP contribution is 2.35. The van der Waals surface area contributed by atoms with Gasteiger partial charge >= 0.3 is 0 Å². The van der Waals surface area contributed by atoms with Crippen molar-refractivity contribution in [3.8, 4) is 5.75 Å². The van der Waals surface area contributed by atoms with E-state index in [-0.39, 0.29) is 29.7 Å². The van der Waals surface area contributed by atoms with Crippen LogP contribution in [0.25, 0.3) is 6.08 Å². The van der Waals surface area contributed by atoms with E-state index in [4.69, 9.17) is 9.47 Å². The minimum Gasteiger partial charge on any atom is -0.483 e. The van der Waals surface area contributed by atoms with Gasteiger partial charge in [0.2, 0.25) is 0 Å². The van der Waals surface area contributed by atoms with Crippen LogP contribution < -0.4 is 4.74 Å². The number of thioether (sulfide) groups is 1. The number of benzene rings is 2. The van der Waals surface area contributed by atoms with E-state index >= 15 is 0 Å². The van der Waals surface area contributed by atoms with Crippen molar-refractivity contribution in [2.24, 2.45) is 0 Å². The number of nitrogens with zero attached hydrogens (tertiary/aromatic N) is 3. The van der Waals surface area contributed by atoms with Crippen LogP contribution in [-0.2, 0) is 20.9 Å². The van der Waals surface area contributed by atoms with Crippen LogP contribution in [0.3, 0.4) is 0 Å². The van der Waals surface area contributed by atoms with Gasteiger partial charge in [-0.05, 0) is 57.0 Å². The number of nitro benzene ring substituents is 1. The first-order chi connectivity index (χ1) is 16.8. The Balaban J connectivity index is 1.39. The zero-order valence-electron chi connectivity index (χ0n) is 18.3. The summed E-state index contributed by atoms with van der Waals surface area (Å²) in [5.74, 6) is -0.0769. The first kappa shape index (κ1) is 24.9. The van der Waals surface area contributed by atoms with Crippen LogP contribution in [0.15, 0.2) is 51.8 Å². The van der Waals surface area contributed by atoms with Crippen LogP contribution in [-0.4, -0.2) is 64.7 Å². The number of halogens is 1. The van der Waals surface area contributed by atoms with Gasteiger partial charge in [-0.1, -0.05) is 18.2 Å². The molecule has 0 saturated carbocycles. The fraction of sp³-hybridized carbons (Fsp3) is 0.261. The summed E-state index contributed by atoms with van der Waals surface area (Å²) in [6.45, 7) is 2.04. The molecule has 10 nitrogen and oxygen atoms in total. The topological polar surface area (TPSA) is 119 Å². The van der Waals surface area contributed by atoms with Crippen molar-refractivity contribution in [1.82, 2.24) is 9.80 Å². The van der Waals surface area contributed by atoms with E-state index in [1.807, 2.05) is 0 Å². The van der Waals surface area contributed by atoms with Gasteiger partial charge in [-0.2, -0.15) is 0 Å². The van der Waals surface area contributed by atoms with Crippen molar-refractivity contribution < 1.29 is 28.8 Å². The third-order valence-electron chi connectivity index (χ3n) is 5.33. The van der Waals surface area contributed by atoms with Crippen LogP contribution >= 0.6 is 27.7 Å². The molecule has 0 aromatic heterocycles. The monoisotopic (exact) mass is 561 g/mol. The molecule has 0 aliphatic carbocycles. The highest BCUT2D eigenvalue weighted by molar-refractivity contribution is 9.10. The Labute approximate surface area is 213 Å². The van der Waals surface area contributed by atoms with E-state index in [2.05, 4.69) is 15.9 Å². The predicted octanol–water partition coefficient (Wildman–Crippen LogP) is 3.83. The van der Waals surface area contributed by atoms with Gasteiger partial charge < -0.3 is 14.4 Å². The van der Waals surface area contributed by atoms with Gasteiger partial charge in [-0.3, -0.25) is 29.4 Å². The highest BCUT2D eigenvalue weighted by Gasteiger charge is 2.35. The molecule has 0 unspecified atom stereocenters. The number of hydrogen-bond donors (Lipinski definition) is 0. The molecule has 35 heavy (non-hydrogen) atoms. The molecule has 2 fully saturated rings. The second-order valence-electron chi connectivity index (χ2n) is 7.66. The van der Waals surface area contributed by atoms with E-state index in [1.54, 1.807) is 29.2 Å². The number of carbonyl (C=O) groups is 3. The number of rotatable bonds is 7. The van der Waals surface area contributed by atoms with Crippen LogP contribution in [0.2, 0.25) is 0 Å². The summed E-state index contributed by atoms with van der Waals surface area (Å²) in [5, 5.41) is 10.4. The summed E-state index contributed by atoms with van der Waals surface area (Å²) in [6, 6.07) is 10.8. The second-order valence-corrected chi connectivity index (χ2v) is 9.51. The van der Waals surface area contributed by atoms with Gasteiger partial charge in [-0.15, -0.1) is 0 Å². The molecule has 2 aromatic carbocycles. The van der Waals surface area contributed by atoms with E-state index in [1.165, 1.54) is 24.3 Å². The summed E-state index contributed by atoms with van der Waals surface area (Å²) in [5.41, 5.74) is 1.21. The highest BCUT2D eigenvalue weighted by atomic mass is 79.9. The molecule has 0 radical (unpaired) electrons. The van der Waals surface area contributed by atoms with E-state index in [9.17, 15) is 24.5 Å². The number of morpholine rings is 1. The zero-order valence-corrected chi connectivity index (χ0v) is 20.7. The normalized spacial score (nSPS) is 17.2. The Morgan fingerprint density at radius 1 is 1.17 bits per heavy atom. The molecule has 182 valence electrons. The molecular weight excluding hydrogens is 542 g/mol. The van der Waals surface area contributed by atoms with Crippen molar-refractivity contribution in [3.05, 3.63) is 73.1 Å². The van der Waals surface area contributed by atoms with Gasteiger partial charge in [0.15, 0.2) is 6.61 Å². The Bertz CT molecular complexity index is 1200. The molecular formula is C23H20BrN3O7S. The van der Waals surface area contributed by atoms with Crippen molar-refractivity contribution in [2.75, 3.05) is 32.9 Å². The molecule has 2 heterocycles. The molecule has 0 atom stereocenters. The summed E-state index contributed by atoms with van der Waals surface area (Å²) < 4.78 is 11.5. The van der Waals surface area contributed by atoms with Gasteiger partial charge in [0.05, 0.1) is 34.1 Å². The van der Waals surface area contributed by atoms with Crippen molar-refractivity contribution in [2.45, 2.75) is 6.54 Å². The molecule has 2 saturated heterocycles. The smallest absolute Gasteiger partial charge is 0.293 e. The molecule has 2 aliphatic heterocycles. The number of amides is 3. The van der Waals surface area contributed by atoms with Crippen LogP contribution in [0, 0.1) is 10.1 Å². The number of carbonyl (C=O) groups excluding carboxylic acids is 3. The number of imide groups is 1. The third kappa shape index (κ3) is 6.08. The summed E-state index contributed by atoms with van der Waals surface area (Å²) in [7, 11) is 0. The molecule has 2 aromatic rings. The molecule has 0 bridgehead atoms. The maximum atomic E-state index is 12.8. The van der Waals surface area contributed by atoms with Crippen molar-refractivity contribution in [1.29, 1.82) is 0 Å². The van der Waals surface area contributed by atoms with Crippen molar-refractivity contribution in [3.63, 3.8) is 0 Å². The lowest BCUT2D eigenvalue weighted by Gasteiger charge is -2.26. The summed E-state index contributed by atoms with van der Waals surface area (Å²) in [4.78, 5) is 50.8. The standard InChI is InChI=1S/C23H20BrN3O7S/c24-18-11-16(3-6-19(18)34-14-21(28)25-7-9-33-10-8-25)12-20-22(29)26(23(30)35-20)13-15-1-4-17(5-2-15)27(31)32/h1-6,11-12H,7-10,13-14H2/b20-12-. The molecule has 0 N–H and O–H groups in total. The Hall–Kier alpha value is -3.22. The minimum absolute atomic E-state index is 0.0215. The van der Waals surface area contributed by atoms with Gasteiger partial charge in [0.25, 0.3) is 22.7 Å². The SMILES string of the molecule is O=C(COc1ccc(/C=C2\SC(=O)N(Cc3ccc([N+](=O)[O-])cc3)C2=O)cc1Br)N1CCOCC1. The number of ether oxygens (including phenoxy) is 2. The largest absolute Gasteiger partial charge is 0.483 e. The van der Waals surface area contributed by atoms with Crippen LogP contribution in [0.5, 0.6) is 5.75 Å². The first-order valence-electron chi connectivity index (χ1n) is 10.6. The Morgan fingerprint density at radius 3 is 2.54 bits per heavy atom. The van der Waals surface area contributed by atoms with E-state index in [0.29, 0.717) is 47.7 Å². The van der Waals surface area contributed by atoms with Gasteiger partial charge in [0, 0.05) is 25.2 Å². The molecule has 0 spiro atoms. The number of nitro groups is 1. The molecule has 3 amide bonds. The average Bonchev–Trinajstić information content (AvgIpc) is 3.11. The maximum absolute atomic E-state index is 12.8. The van der Waals surface area contributed by atoms with Crippen molar-refractivity contribution >= 4 is 56.5 Å². The Morgan fingerprint density at radius 2 is 1.89 bits per heavy atom. The second kappa shape index (κ2) is 11.0. The fourth-order valence-electron chi connectivity index (χ4n) is 3.46. The minimum atomic E-state index is -0.511. The number of non-ortho nitro benzene ring substituents is 1. The molecule has 2 aliphatic rings. The summed E-state index contributed by atoms with van der Waals surface area (Å²) >= 11 is 4.25. The first-order valence-corrected chi connectivity index (χ1v) is 12.2. The Kier molecular flexibility index (Phi) is 7.83. The maximum Gasteiger partial charge on any atom is 0.293 e. The third-order valence-corrected chi connectivity index (χ3v) is 6.86. The quantitative estimate of drug-likeness (QED) is 0.284.